The zero-order chi connectivity index (χ0) is 10.4. The number of aldehydes is 1. The Labute approximate surface area is 82.1 Å². The number of halogens is 1. The molecule has 1 aliphatic rings. The third-order valence-corrected chi connectivity index (χ3v) is 2.65. The van der Waals surface area contributed by atoms with Gasteiger partial charge in [0.25, 0.3) is 0 Å². The number of hydrogen-bond acceptors (Lipinski definition) is 2. The Hall–Kier alpha value is -1.22. The molecule has 2 rings (SSSR count). The van der Waals surface area contributed by atoms with E-state index in [1.165, 1.54) is 0 Å². The maximum Gasteiger partial charge on any atom is 0.243 e. The van der Waals surface area contributed by atoms with Gasteiger partial charge in [-0.05, 0) is 19.4 Å². The van der Waals surface area contributed by atoms with Gasteiger partial charge < -0.3 is 0 Å². The predicted octanol–water partition coefficient (Wildman–Crippen LogP) is 1.85. The number of hydrogen-bond donors (Lipinski definition) is 1. The van der Waals surface area contributed by atoms with Crippen molar-refractivity contribution >= 4 is 6.29 Å². The summed E-state index contributed by atoms with van der Waals surface area (Å²) in [4.78, 5) is 10.7. The first kappa shape index (κ1) is 9.34. The molecule has 0 saturated carbocycles. The number of nitrogens with one attached hydrogen (secondary N) is 1. The van der Waals surface area contributed by atoms with Gasteiger partial charge in [-0.3, -0.25) is 10.1 Å². The summed E-state index contributed by atoms with van der Waals surface area (Å²) < 4.78 is 14.1. The summed E-state index contributed by atoms with van der Waals surface area (Å²) in [5.74, 6) is -2.03. The highest BCUT2D eigenvalue weighted by Crippen LogP contribution is 2.40. The smallest absolute Gasteiger partial charge is 0.243 e. The van der Waals surface area contributed by atoms with Crippen LogP contribution in [0.25, 0.3) is 0 Å². The number of carbonyl (C=O) groups is 1. The summed E-state index contributed by atoms with van der Waals surface area (Å²) in [5, 5.41) is 2.69. The molecule has 0 aromatic heterocycles. The molecule has 1 aromatic rings. The molecular weight excluding hydrogens is 181 g/mol. The molecule has 1 aromatic carbocycles. The van der Waals surface area contributed by atoms with E-state index in [0.717, 1.165) is 5.56 Å². The molecule has 2 nitrogen and oxygen atoms in total. The van der Waals surface area contributed by atoms with Crippen LogP contribution in [-0.2, 0) is 16.1 Å². The third-order valence-electron chi connectivity index (χ3n) is 2.65. The molecular formula is C11H12FNO. The number of alkyl halides is 1. The van der Waals surface area contributed by atoms with Gasteiger partial charge in [-0.15, -0.1) is 0 Å². The van der Waals surface area contributed by atoms with E-state index in [-0.39, 0.29) is 0 Å². The Kier molecular flexibility index (Phi) is 1.76. The van der Waals surface area contributed by atoms with Crippen molar-refractivity contribution in [3.8, 4) is 0 Å². The molecule has 0 aliphatic carbocycles. The third kappa shape index (κ3) is 1.09. The largest absolute Gasteiger partial charge is 0.298 e. The summed E-state index contributed by atoms with van der Waals surface area (Å²) in [5.41, 5.74) is 0.779. The number of rotatable bonds is 1. The van der Waals surface area contributed by atoms with E-state index in [1.54, 1.807) is 12.1 Å². The van der Waals surface area contributed by atoms with Crippen molar-refractivity contribution in [1.29, 1.82) is 0 Å². The standard InChI is InChI=1S/C11H12FNO/c1-10(2)8-5-3-4-6-9(8)11(12,7-14)13-10/h3-7,13H,1-2H3. The van der Waals surface area contributed by atoms with E-state index < -0.39 is 11.3 Å². The van der Waals surface area contributed by atoms with E-state index in [9.17, 15) is 9.18 Å². The molecule has 0 fully saturated rings. The van der Waals surface area contributed by atoms with Gasteiger partial charge in [-0.25, -0.2) is 4.39 Å². The highest BCUT2D eigenvalue weighted by Gasteiger charge is 2.47. The zero-order valence-electron chi connectivity index (χ0n) is 8.17. The Morgan fingerprint density at radius 2 is 1.86 bits per heavy atom. The lowest BCUT2D eigenvalue weighted by Crippen LogP contribution is -2.42. The quantitative estimate of drug-likeness (QED) is 0.544. The SMILES string of the molecule is CC1(C)NC(F)(C=O)c2ccccc21. The average molecular weight is 193 g/mol. The first-order valence-corrected chi connectivity index (χ1v) is 4.54. The fraction of sp³-hybridized carbons (Fsp3) is 0.364. The van der Waals surface area contributed by atoms with E-state index >= 15 is 0 Å². The van der Waals surface area contributed by atoms with E-state index in [0.29, 0.717) is 11.8 Å². The zero-order valence-corrected chi connectivity index (χ0v) is 8.17. The molecule has 1 heterocycles. The Balaban J connectivity index is 2.66. The first-order chi connectivity index (χ1) is 6.49. The topological polar surface area (TPSA) is 29.1 Å². The van der Waals surface area contributed by atoms with Crippen molar-refractivity contribution in [3.05, 3.63) is 35.4 Å². The van der Waals surface area contributed by atoms with Crippen LogP contribution in [-0.4, -0.2) is 6.29 Å². The van der Waals surface area contributed by atoms with Crippen LogP contribution in [0.2, 0.25) is 0 Å². The van der Waals surface area contributed by atoms with Crippen molar-refractivity contribution in [3.63, 3.8) is 0 Å². The minimum absolute atomic E-state index is 0.320. The highest BCUT2D eigenvalue weighted by atomic mass is 19.1. The van der Waals surface area contributed by atoms with Gasteiger partial charge in [0.05, 0.1) is 0 Å². The molecule has 0 radical (unpaired) electrons. The molecule has 0 amide bonds. The number of fused-ring (bicyclic) bond motifs is 1. The van der Waals surface area contributed by atoms with E-state index in [4.69, 9.17) is 0 Å². The molecule has 0 spiro atoms. The molecule has 74 valence electrons. The van der Waals surface area contributed by atoms with Crippen molar-refractivity contribution < 1.29 is 9.18 Å². The first-order valence-electron chi connectivity index (χ1n) is 4.54. The van der Waals surface area contributed by atoms with E-state index in [1.807, 2.05) is 26.0 Å². The lowest BCUT2D eigenvalue weighted by Gasteiger charge is -2.21. The van der Waals surface area contributed by atoms with Gasteiger partial charge >= 0.3 is 0 Å². The van der Waals surface area contributed by atoms with Crippen LogP contribution < -0.4 is 5.32 Å². The van der Waals surface area contributed by atoms with Gasteiger partial charge in [0, 0.05) is 11.1 Å². The fourth-order valence-electron chi connectivity index (χ4n) is 2.03. The van der Waals surface area contributed by atoms with Crippen molar-refractivity contribution in [2.45, 2.75) is 25.2 Å². The maximum absolute atomic E-state index is 14.1. The monoisotopic (exact) mass is 193 g/mol. The normalized spacial score (nSPS) is 28.5. The van der Waals surface area contributed by atoms with Crippen LogP contribution >= 0.6 is 0 Å². The minimum Gasteiger partial charge on any atom is -0.298 e. The second-order valence-electron chi connectivity index (χ2n) is 4.13. The summed E-state index contributed by atoms with van der Waals surface area (Å²) >= 11 is 0. The second kappa shape index (κ2) is 2.64. The Morgan fingerprint density at radius 3 is 2.43 bits per heavy atom. The lowest BCUT2D eigenvalue weighted by atomic mass is 9.94. The minimum atomic E-state index is -2.03. The average Bonchev–Trinajstić information content (AvgIpc) is 2.37. The van der Waals surface area contributed by atoms with Crippen LogP contribution in [0.1, 0.15) is 25.0 Å². The molecule has 3 heteroatoms. The van der Waals surface area contributed by atoms with Gasteiger partial charge in [-0.2, -0.15) is 0 Å². The Morgan fingerprint density at radius 1 is 1.29 bits per heavy atom. The number of carbonyl (C=O) groups excluding carboxylic acids is 1. The molecule has 0 bridgehead atoms. The highest BCUT2D eigenvalue weighted by molar-refractivity contribution is 5.69. The van der Waals surface area contributed by atoms with Crippen LogP contribution in [0.5, 0.6) is 0 Å². The van der Waals surface area contributed by atoms with Crippen LogP contribution in [0.4, 0.5) is 4.39 Å². The fourth-order valence-corrected chi connectivity index (χ4v) is 2.03. The van der Waals surface area contributed by atoms with Crippen molar-refractivity contribution in [1.82, 2.24) is 5.32 Å². The molecule has 1 unspecified atom stereocenters. The number of benzene rings is 1. The van der Waals surface area contributed by atoms with Crippen LogP contribution in [0.15, 0.2) is 24.3 Å². The lowest BCUT2D eigenvalue weighted by molar-refractivity contribution is -0.120. The molecule has 14 heavy (non-hydrogen) atoms. The van der Waals surface area contributed by atoms with Gasteiger partial charge in [0.1, 0.15) is 0 Å². The van der Waals surface area contributed by atoms with Crippen LogP contribution in [0, 0.1) is 0 Å². The van der Waals surface area contributed by atoms with Crippen molar-refractivity contribution in [2.75, 3.05) is 0 Å². The summed E-state index contributed by atoms with van der Waals surface area (Å²) in [7, 11) is 0. The molecule has 1 N–H and O–H groups in total. The molecule has 0 saturated heterocycles. The van der Waals surface area contributed by atoms with Gasteiger partial charge in [0.15, 0.2) is 6.29 Å². The van der Waals surface area contributed by atoms with Crippen LogP contribution in [0.3, 0.4) is 0 Å². The molecule has 1 aliphatic heterocycles. The predicted molar refractivity (Wildman–Crippen MR) is 51.5 cm³/mol. The van der Waals surface area contributed by atoms with E-state index in [2.05, 4.69) is 5.32 Å². The van der Waals surface area contributed by atoms with Gasteiger partial charge in [0.2, 0.25) is 5.79 Å². The summed E-state index contributed by atoms with van der Waals surface area (Å²) in [6, 6.07) is 7.07. The van der Waals surface area contributed by atoms with Gasteiger partial charge in [-0.1, -0.05) is 24.3 Å². The second-order valence-corrected chi connectivity index (χ2v) is 4.13. The Bertz CT molecular complexity index is 389. The summed E-state index contributed by atoms with van der Waals surface area (Å²) in [6.07, 6.45) is 0.320. The maximum atomic E-state index is 14.1. The summed E-state index contributed by atoms with van der Waals surface area (Å²) in [6.45, 7) is 3.72. The molecule has 1 atom stereocenters. The van der Waals surface area contributed by atoms with Crippen molar-refractivity contribution in [2.24, 2.45) is 0 Å².